The van der Waals surface area contributed by atoms with Gasteiger partial charge in [0.25, 0.3) is 0 Å². The molecule has 0 spiro atoms. The zero-order valence-corrected chi connectivity index (χ0v) is 14.6. The Hall–Kier alpha value is -1.26. The van der Waals surface area contributed by atoms with Gasteiger partial charge in [-0.1, -0.05) is 31.9 Å². The summed E-state index contributed by atoms with van der Waals surface area (Å²) in [6, 6.07) is 0. The van der Waals surface area contributed by atoms with Crippen LogP contribution in [0.2, 0.25) is 5.15 Å². The highest BCUT2D eigenvalue weighted by Gasteiger charge is 2.24. The van der Waals surface area contributed by atoms with Crippen molar-refractivity contribution < 1.29 is 5.11 Å². The Labute approximate surface area is 142 Å². The number of pyridine rings is 1. The summed E-state index contributed by atoms with van der Waals surface area (Å²) in [5, 5.41) is 11.0. The van der Waals surface area contributed by atoms with E-state index in [1.807, 2.05) is 12.4 Å². The third-order valence-electron chi connectivity index (χ3n) is 5.02. The van der Waals surface area contributed by atoms with Crippen molar-refractivity contribution in [3.8, 4) is 0 Å². The van der Waals surface area contributed by atoms with Crippen molar-refractivity contribution in [1.29, 1.82) is 0 Å². The summed E-state index contributed by atoms with van der Waals surface area (Å²) in [6.45, 7) is 4.40. The average Bonchev–Trinajstić information content (AvgIpc) is 2.56. The fraction of sp³-hybridized carbons (Fsp3) is 0.611. The Morgan fingerprint density at radius 2 is 1.96 bits per heavy atom. The minimum absolute atomic E-state index is 0.159. The molecule has 1 N–H and O–H groups in total. The van der Waals surface area contributed by atoms with Crippen molar-refractivity contribution in [3.05, 3.63) is 28.9 Å². The molecule has 0 unspecified atom stereocenters. The maximum absolute atomic E-state index is 9.74. The van der Waals surface area contributed by atoms with Crippen LogP contribution in [0, 0.1) is 5.92 Å². The van der Waals surface area contributed by atoms with Gasteiger partial charge >= 0.3 is 0 Å². The van der Waals surface area contributed by atoms with Crippen LogP contribution in [0.15, 0.2) is 12.4 Å². The number of fused-ring (bicyclic) bond motifs is 1. The number of hydrogen-bond acceptors (Lipinski definition) is 4. The maximum atomic E-state index is 9.74. The van der Waals surface area contributed by atoms with E-state index in [1.54, 1.807) is 0 Å². The lowest BCUT2D eigenvalue weighted by atomic mass is 9.83. The van der Waals surface area contributed by atoms with Gasteiger partial charge in [-0.25, -0.2) is 15.0 Å². The maximum Gasteiger partial charge on any atom is 0.139 e. The first-order valence-corrected chi connectivity index (χ1v) is 8.94. The zero-order valence-electron chi connectivity index (χ0n) is 13.8. The van der Waals surface area contributed by atoms with E-state index < -0.39 is 0 Å². The van der Waals surface area contributed by atoms with Crippen molar-refractivity contribution in [3.63, 3.8) is 0 Å². The number of aliphatic hydroxyl groups excluding tert-OH is 1. The van der Waals surface area contributed by atoms with Crippen LogP contribution in [-0.2, 0) is 6.42 Å². The quantitative estimate of drug-likeness (QED) is 0.848. The SMILES string of the molecule is CC[C@H](C)Cc1ncc2c(Cl)ncc(C3CCC(O)CC3)c2n1. The molecule has 1 atom stereocenters. The predicted molar refractivity (Wildman–Crippen MR) is 92.7 cm³/mol. The summed E-state index contributed by atoms with van der Waals surface area (Å²) in [5.74, 6) is 1.85. The number of nitrogens with zero attached hydrogens (tertiary/aromatic N) is 3. The summed E-state index contributed by atoms with van der Waals surface area (Å²) >= 11 is 6.25. The molecule has 1 aliphatic carbocycles. The van der Waals surface area contributed by atoms with E-state index in [9.17, 15) is 5.11 Å². The predicted octanol–water partition coefficient (Wildman–Crippen LogP) is 4.29. The normalized spacial score (nSPS) is 23.1. The van der Waals surface area contributed by atoms with E-state index in [0.717, 1.165) is 60.8 Å². The molecular formula is C18H24ClN3O. The lowest BCUT2D eigenvalue weighted by Crippen LogP contribution is -2.17. The fourth-order valence-electron chi connectivity index (χ4n) is 3.29. The Bertz CT molecular complexity index is 683. The molecule has 2 aromatic rings. The molecule has 0 aliphatic heterocycles. The van der Waals surface area contributed by atoms with Crippen molar-refractivity contribution in [2.75, 3.05) is 0 Å². The summed E-state index contributed by atoms with van der Waals surface area (Å²) in [5.41, 5.74) is 2.10. The molecule has 0 aromatic carbocycles. The lowest BCUT2D eigenvalue weighted by Gasteiger charge is -2.26. The van der Waals surface area contributed by atoms with Gasteiger partial charge in [0.05, 0.1) is 17.0 Å². The number of rotatable bonds is 4. The van der Waals surface area contributed by atoms with Gasteiger partial charge in [0.1, 0.15) is 11.0 Å². The second-order valence-corrected chi connectivity index (χ2v) is 7.13. The highest BCUT2D eigenvalue weighted by atomic mass is 35.5. The average molecular weight is 334 g/mol. The molecule has 23 heavy (non-hydrogen) atoms. The van der Waals surface area contributed by atoms with Gasteiger partial charge in [-0.15, -0.1) is 0 Å². The number of halogens is 1. The van der Waals surface area contributed by atoms with E-state index in [2.05, 4.69) is 23.8 Å². The lowest BCUT2D eigenvalue weighted by molar-refractivity contribution is 0.122. The van der Waals surface area contributed by atoms with Gasteiger partial charge in [-0.2, -0.15) is 0 Å². The van der Waals surface area contributed by atoms with Crippen molar-refractivity contribution in [1.82, 2.24) is 15.0 Å². The van der Waals surface area contributed by atoms with E-state index in [-0.39, 0.29) is 6.10 Å². The van der Waals surface area contributed by atoms with Crippen LogP contribution in [0.3, 0.4) is 0 Å². The topological polar surface area (TPSA) is 58.9 Å². The molecule has 2 heterocycles. The minimum Gasteiger partial charge on any atom is -0.393 e. The van der Waals surface area contributed by atoms with Crippen LogP contribution in [0.25, 0.3) is 10.9 Å². The van der Waals surface area contributed by atoms with Gasteiger partial charge in [0.2, 0.25) is 0 Å². The van der Waals surface area contributed by atoms with E-state index in [1.165, 1.54) is 0 Å². The highest BCUT2D eigenvalue weighted by molar-refractivity contribution is 6.34. The molecule has 0 amide bonds. The van der Waals surface area contributed by atoms with Crippen molar-refractivity contribution >= 4 is 22.5 Å². The van der Waals surface area contributed by atoms with E-state index >= 15 is 0 Å². The Morgan fingerprint density at radius 3 is 2.65 bits per heavy atom. The number of hydrogen-bond donors (Lipinski definition) is 1. The van der Waals surface area contributed by atoms with Crippen LogP contribution >= 0.6 is 11.6 Å². The summed E-state index contributed by atoms with van der Waals surface area (Å²) in [6.07, 6.45) is 9.17. The molecular weight excluding hydrogens is 310 g/mol. The second kappa shape index (κ2) is 7.10. The molecule has 0 bridgehead atoms. The van der Waals surface area contributed by atoms with Gasteiger partial charge in [-0.3, -0.25) is 0 Å². The Kier molecular flexibility index (Phi) is 5.12. The smallest absolute Gasteiger partial charge is 0.139 e. The van der Waals surface area contributed by atoms with Crippen LogP contribution in [0.5, 0.6) is 0 Å². The van der Waals surface area contributed by atoms with E-state index in [4.69, 9.17) is 16.6 Å². The summed E-state index contributed by atoms with van der Waals surface area (Å²) in [4.78, 5) is 13.6. The third kappa shape index (κ3) is 3.64. The monoisotopic (exact) mass is 333 g/mol. The molecule has 2 aromatic heterocycles. The second-order valence-electron chi connectivity index (χ2n) is 6.78. The fourth-order valence-corrected chi connectivity index (χ4v) is 3.47. The highest BCUT2D eigenvalue weighted by Crippen LogP contribution is 2.36. The van der Waals surface area contributed by atoms with Crippen molar-refractivity contribution in [2.24, 2.45) is 5.92 Å². The van der Waals surface area contributed by atoms with Crippen LogP contribution < -0.4 is 0 Å². The zero-order chi connectivity index (χ0) is 16.4. The summed E-state index contributed by atoms with van der Waals surface area (Å²) < 4.78 is 0. The van der Waals surface area contributed by atoms with Crippen molar-refractivity contribution in [2.45, 2.75) is 64.4 Å². The molecule has 1 aliphatic rings. The minimum atomic E-state index is -0.159. The first-order chi connectivity index (χ1) is 11.1. The largest absolute Gasteiger partial charge is 0.393 e. The van der Waals surface area contributed by atoms with E-state index in [0.29, 0.717) is 17.0 Å². The summed E-state index contributed by atoms with van der Waals surface area (Å²) in [7, 11) is 0. The molecule has 0 saturated heterocycles. The van der Waals surface area contributed by atoms with Crippen LogP contribution in [0.4, 0.5) is 0 Å². The first-order valence-electron chi connectivity index (χ1n) is 8.56. The molecule has 3 rings (SSSR count). The number of aliphatic hydroxyl groups is 1. The van der Waals surface area contributed by atoms with Gasteiger partial charge in [0, 0.05) is 24.4 Å². The Balaban J connectivity index is 1.99. The first kappa shape index (κ1) is 16.6. The molecule has 0 radical (unpaired) electrons. The molecule has 4 nitrogen and oxygen atoms in total. The van der Waals surface area contributed by atoms with Gasteiger partial charge in [0.15, 0.2) is 0 Å². The number of aromatic nitrogens is 3. The molecule has 124 valence electrons. The molecule has 5 heteroatoms. The van der Waals surface area contributed by atoms with Gasteiger partial charge in [-0.05, 0) is 37.5 Å². The Morgan fingerprint density at radius 1 is 1.22 bits per heavy atom. The van der Waals surface area contributed by atoms with Crippen LogP contribution in [0.1, 0.15) is 63.3 Å². The van der Waals surface area contributed by atoms with Crippen LogP contribution in [-0.4, -0.2) is 26.2 Å². The third-order valence-corrected chi connectivity index (χ3v) is 5.32. The van der Waals surface area contributed by atoms with Gasteiger partial charge < -0.3 is 5.11 Å². The standard InChI is InChI=1S/C18H24ClN3O/c1-3-11(2)8-16-20-10-15-17(22-16)14(9-21-18(15)19)12-4-6-13(23)7-5-12/h9-13,23H,3-8H2,1-2H3/t11-,12?,13?/m0/s1. The molecule has 1 fully saturated rings. The molecule has 1 saturated carbocycles.